The first-order valence-electron chi connectivity index (χ1n) is 3.11. The van der Waals surface area contributed by atoms with Crippen LogP contribution in [-0.2, 0) is 4.79 Å². The van der Waals surface area contributed by atoms with Crippen LogP contribution in [0.25, 0.3) is 0 Å². The molecular weight excluding hydrogens is 200 g/mol. The van der Waals surface area contributed by atoms with E-state index in [9.17, 15) is 22.4 Å². The van der Waals surface area contributed by atoms with Crippen molar-refractivity contribution < 1.29 is 22.4 Å². The third-order valence-electron chi connectivity index (χ3n) is 2.16. The molecular formula is C6H5ClF4O. The van der Waals surface area contributed by atoms with Gasteiger partial charge >= 0.3 is 11.8 Å². The van der Waals surface area contributed by atoms with Gasteiger partial charge in [0.05, 0.1) is 0 Å². The predicted molar refractivity (Wildman–Crippen MR) is 33.5 cm³/mol. The molecule has 0 aliphatic heterocycles. The van der Waals surface area contributed by atoms with Gasteiger partial charge in [0.25, 0.3) is 0 Å². The molecule has 0 heterocycles. The van der Waals surface area contributed by atoms with Crippen molar-refractivity contribution in [3.05, 3.63) is 0 Å². The molecule has 0 amide bonds. The topological polar surface area (TPSA) is 17.1 Å². The first kappa shape index (κ1) is 9.77. The monoisotopic (exact) mass is 204 g/mol. The third kappa shape index (κ3) is 0.828. The lowest BCUT2D eigenvalue weighted by Crippen LogP contribution is -2.67. The first-order valence-corrected chi connectivity index (χ1v) is 3.48. The van der Waals surface area contributed by atoms with Gasteiger partial charge in [-0.15, -0.1) is 0 Å². The van der Waals surface area contributed by atoms with Gasteiger partial charge in [-0.05, 0) is 18.5 Å². The molecule has 1 atom stereocenters. The third-order valence-corrected chi connectivity index (χ3v) is 2.58. The molecule has 0 spiro atoms. The number of carbonyl (C=O) groups is 1. The van der Waals surface area contributed by atoms with E-state index >= 15 is 0 Å². The Balaban J connectivity index is 2.99. The Morgan fingerprint density at radius 1 is 1.33 bits per heavy atom. The van der Waals surface area contributed by atoms with Gasteiger partial charge in [-0.3, -0.25) is 4.79 Å². The summed E-state index contributed by atoms with van der Waals surface area (Å²) in [5.41, 5.74) is -2.40. The molecule has 1 unspecified atom stereocenters. The van der Waals surface area contributed by atoms with Crippen LogP contribution in [0.2, 0.25) is 0 Å². The largest absolute Gasteiger partial charge is 0.323 e. The van der Waals surface area contributed by atoms with Gasteiger partial charge in [0.1, 0.15) is 5.41 Å². The fourth-order valence-electron chi connectivity index (χ4n) is 1.16. The van der Waals surface area contributed by atoms with Gasteiger partial charge in [0.15, 0.2) is 0 Å². The Kier molecular flexibility index (Phi) is 1.73. The highest BCUT2D eigenvalue weighted by Crippen LogP contribution is 2.63. The lowest BCUT2D eigenvalue weighted by molar-refractivity contribution is -0.337. The average molecular weight is 205 g/mol. The van der Waals surface area contributed by atoms with Crippen LogP contribution in [0.5, 0.6) is 0 Å². The fraction of sp³-hybridized carbons (Fsp3) is 0.833. The van der Waals surface area contributed by atoms with Gasteiger partial charge in [-0.25, -0.2) is 0 Å². The van der Waals surface area contributed by atoms with E-state index in [4.69, 9.17) is 11.6 Å². The van der Waals surface area contributed by atoms with E-state index < -0.39 is 28.9 Å². The zero-order valence-electron chi connectivity index (χ0n) is 6.01. The van der Waals surface area contributed by atoms with Crippen LogP contribution in [0.1, 0.15) is 13.3 Å². The highest BCUT2D eigenvalue weighted by atomic mass is 35.5. The summed E-state index contributed by atoms with van der Waals surface area (Å²) in [7, 11) is 0. The number of carbonyl (C=O) groups excluding carboxylic acids is 1. The average Bonchev–Trinajstić information content (AvgIpc) is 1.85. The van der Waals surface area contributed by atoms with Gasteiger partial charge in [-0.2, -0.15) is 17.6 Å². The molecule has 1 aliphatic carbocycles. The summed E-state index contributed by atoms with van der Waals surface area (Å²) < 4.78 is 49.5. The lowest BCUT2D eigenvalue weighted by Gasteiger charge is -2.49. The van der Waals surface area contributed by atoms with Crippen molar-refractivity contribution in [3.63, 3.8) is 0 Å². The number of hydrogen-bond acceptors (Lipinski definition) is 1. The maximum Gasteiger partial charge on any atom is 0.323 e. The van der Waals surface area contributed by atoms with E-state index in [1.165, 1.54) is 0 Å². The second kappa shape index (κ2) is 2.13. The summed E-state index contributed by atoms with van der Waals surface area (Å²) in [4.78, 5) is 10.4. The molecule has 1 rings (SSSR count). The van der Waals surface area contributed by atoms with Crippen LogP contribution in [0.3, 0.4) is 0 Å². The SMILES string of the molecule is CC1(C(=O)Cl)CC(F)(F)C1(F)F. The minimum Gasteiger partial charge on any atom is -0.280 e. The second-order valence-corrected chi connectivity index (χ2v) is 3.40. The molecule has 1 nitrogen and oxygen atoms in total. The summed E-state index contributed by atoms with van der Waals surface area (Å²) in [5, 5.41) is -1.42. The maximum atomic E-state index is 12.6. The van der Waals surface area contributed by atoms with Crippen molar-refractivity contribution in [1.29, 1.82) is 0 Å². The molecule has 1 saturated carbocycles. The minimum absolute atomic E-state index is 0.736. The Bertz CT molecular complexity index is 240. The summed E-state index contributed by atoms with van der Waals surface area (Å²) in [6.07, 6.45) is -1.19. The normalized spacial score (nSPS) is 37.2. The van der Waals surface area contributed by atoms with E-state index in [-0.39, 0.29) is 0 Å². The molecule has 70 valence electrons. The molecule has 1 fully saturated rings. The first-order chi connectivity index (χ1) is 5.15. The van der Waals surface area contributed by atoms with Gasteiger partial charge in [0, 0.05) is 6.42 Å². The highest BCUT2D eigenvalue weighted by molar-refractivity contribution is 6.65. The molecule has 12 heavy (non-hydrogen) atoms. The van der Waals surface area contributed by atoms with E-state index in [0.717, 1.165) is 6.92 Å². The van der Waals surface area contributed by atoms with Gasteiger partial charge < -0.3 is 0 Å². The number of halogens is 5. The van der Waals surface area contributed by atoms with Crippen molar-refractivity contribution in [2.24, 2.45) is 5.41 Å². The molecule has 0 aromatic rings. The summed E-state index contributed by atoms with van der Waals surface area (Å²) in [6, 6.07) is 0. The number of rotatable bonds is 1. The van der Waals surface area contributed by atoms with Crippen molar-refractivity contribution in [2.45, 2.75) is 25.2 Å². The summed E-state index contributed by atoms with van der Waals surface area (Å²) >= 11 is 4.78. The summed E-state index contributed by atoms with van der Waals surface area (Å²) in [6.45, 7) is 0.736. The number of alkyl halides is 4. The van der Waals surface area contributed by atoms with Crippen molar-refractivity contribution in [2.75, 3.05) is 0 Å². The second-order valence-electron chi connectivity index (χ2n) is 3.06. The van der Waals surface area contributed by atoms with Crippen LogP contribution in [-0.4, -0.2) is 17.1 Å². The summed E-state index contributed by atoms with van der Waals surface area (Å²) in [5.74, 6) is -8.43. The van der Waals surface area contributed by atoms with Crippen molar-refractivity contribution in [1.82, 2.24) is 0 Å². The Hall–Kier alpha value is -0.320. The van der Waals surface area contributed by atoms with E-state index in [1.54, 1.807) is 0 Å². The van der Waals surface area contributed by atoms with Crippen molar-refractivity contribution >= 4 is 16.8 Å². The standard InChI is InChI=1S/C6H5ClF4O/c1-4(3(7)12)2-5(8,9)6(4,10)11/h2H2,1H3. The van der Waals surface area contributed by atoms with E-state index in [2.05, 4.69) is 0 Å². The molecule has 0 radical (unpaired) electrons. The highest BCUT2D eigenvalue weighted by Gasteiger charge is 2.80. The van der Waals surface area contributed by atoms with E-state index in [1.807, 2.05) is 0 Å². The van der Waals surface area contributed by atoms with Crippen LogP contribution < -0.4 is 0 Å². The molecule has 0 saturated heterocycles. The van der Waals surface area contributed by atoms with Gasteiger partial charge in [0.2, 0.25) is 5.24 Å². The number of hydrogen-bond donors (Lipinski definition) is 0. The van der Waals surface area contributed by atoms with Crippen LogP contribution in [0.4, 0.5) is 17.6 Å². The molecule has 0 N–H and O–H groups in total. The lowest BCUT2D eigenvalue weighted by atomic mass is 9.64. The Labute approximate surface area is 70.7 Å². The minimum atomic E-state index is -4.32. The van der Waals surface area contributed by atoms with Crippen LogP contribution in [0.15, 0.2) is 0 Å². The quantitative estimate of drug-likeness (QED) is 0.474. The van der Waals surface area contributed by atoms with Crippen LogP contribution in [0, 0.1) is 5.41 Å². The smallest absolute Gasteiger partial charge is 0.280 e. The Morgan fingerprint density at radius 3 is 1.83 bits per heavy atom. The van der Waals surface area contributed by atoms with E-state index in [0.29, 0.717) is 0 Å². The predicted octanol–water partition coefficient (Wildman–Crippen LogP) is 2.43. The zero-order chi connectivity index (χ0) is 9.78. The molecule has 1 aliphatic rings. The fourth-order valence-corrected chi connectivity index (χ4v) is 1.34. The Morgan fingerprint density at radius 2 is 1.75 bits per heavy atom. The van der Waals surface area contributed by atoms with Crippen LogP contribution >= 0.6 is 11.6 Å². The molecule has 0 aromatic heterocycles. The molecule has 0 aromatic carbocycles. The molecule has 6 heteroatoms. The maximum absolute atomic E-state index is 12.6. The zero-order valence-corrected chi connectivity index (χ0v) is 6.76. The van der Waals surface area contributed by atoms with Gasteiger partial charge in [-0.1, -0.05) is 0 Å². The van der Waals surface area contributed by atoms with Crippen molar-refractivity contribution in [3.8, 4) is 0 Å². The molecule has 0 bridgehead atoms.